The van der Waals surface area contributed by atoms with Crippen LogP contribution in [0.5, 0.6) is 11.5 Å². The van der Waals surface area contributed by atoms with Crippen molar-refractivity contribution < 1.29 is 9.47 Å². The normalized spacial score (nSPS) is 22.2. The van der Waals surface area contributed by atoms with Crippen molar-refractivity contribution in [3.8, 4) is 11.5 Å². The first-order chi connectivity index (χ1) is 16.2. The molecule has 2 nitrogen and oxygen atoms in total. The van der Waals surface area contributed by atoms with Crippen molar-refractivity contribution >= 4 is 10.8 Å². The summed E-state index contributed by atoms with van der Waals surface area (Å²) in [6.07, 6.45) is 0. The maximum Gasteiger partial charge on any atom is 0.146 e. The van der Waals surface area contributed by atoms with Gasteiger partial charge in [0.1, 0.15) is 22.7 Å². The molecule has 5 aromatic rings. The molecule has 158 valence electrons. The van der Waals surface area contributed by atoms with Crippen molar-refractivity contribution in [1.29, 1.82) is 0 Å². The highest BCUT2D eigenvalue weighted by atomic mass is 16.5. The molecule has 0 N–H and O–H groups in total. The van der Waals surface area contributed by atoms with Gasteiger partial charge in [0.25, 0.3) is 0 Å². The summed E-state index contributed by atoms with van der Waals surface area (Å²) < 4.78 is 13.8. The summed E-state index contributed by atoms with van der Waals surface area (Å²) in [7, 11) is 0. The number of fused-ring (bicyclic) bond motifs is 9. The number of hydrogen-bond donors (Lipinski definition) is 0. The van der Waals surface area contributed by atoms with Crippen molar-refractivity contribution in [3.63, 3.8) is 0 Å². The Hall–Kier alpha value is -3.88. The van der Waals surface area contributed by atoms with Gasteiger partial charge in [0, 0.05) is 16.5 Å². The van der Waals surface area contributed by atoms with E-state index in [1.165, 1.54) is 16.7 Å². The van der Waals surface area contributed by atoms with Gasteiger partial charge in [-0.15, -0.1) is 0 Å². The van der Waals surface area contributed by atoms with Crippen LogP contribution in [0.3, 0.4) is 0 Å². The van der Waals surface area contributed by atoms with E-state index in [-0.39, 0.29) is 0 Å². The monoisotopic (exact) mass is 426 g/mol. The van der Waals surface area contributed by atoms with E-state index in [0.717, 1.165) is 33.4 Å². The Morgan fingerprint density at radius 3 is 2.06 bits per heavy atom. The van der Waals surface area contributed by atoms with E-state index < -0.39 is 11.2 Å². The third kappa shape index (κ3) is 2.36. The Bertz CT molecular complexity index is 1520. The molecule has 2 atom stereocenters. The third-order valence-electron chi connectivity index (χ3n) is 7.18. The van der Waals surface area contributed by atoms with Crippen LogP contribution in [0, 0.1) is 0 Å². The minimum absolute atomic E-state index is 0.615. The zero-order valence-corrected chi connectivity index (χ0v) is 18.3. The number of para-hydroxylation sites is 1. The Morgan fingerprint density at radius 2 is 1.27 bits per heavy atom. The van der Waals surface area contributed by atoms with Crippen LogP contribution in [-0.4, -0.2) is 0 Å². The third-order valence-corrected chi connectivity index (χ3v) is 7.18. The van der Waals surface area contributed by atoms with Gasteiger partial charge in [0.05, 0.1) is 0 Å². The van der Waals surface area contributed by atoms with E-state index in [0.29, 0.717) is 0 Å². The summed E-state index contributed by atoms with van der Waals surface area (Å²) in [5.41, 5.74) is 4.56. The molecule has 0 saturated carbocycles. The molecule has 0 fully saturated rings. The van der Waals surface area contributed by atoms with E-state index in [9.17, 15) is 0 Å². The highest BCUT2D eigenvalue weighted by molar-refractivity contribution is 5.93. The van der Waals surface area contributed by atoms with Gasteiger partial charge in [-0.1, -0.05) is 97.1 Å². The van der Waals surface area contributed by atoms with Crippen LogP contribution in [0.15, 0.2) is 115 Å². The van der Waals surface area contributed by atoms with Crippen LogP contribution in [0.25, 0.3) is 10.8 Å². The molecule has 2 bridgehead atoms. The van der Waals surface area contributed by atoms with Gasteiger partial charge in [0.15, 0.2) is 0 Å². The summed E-state index contributed by atoms with van der Waals surface area (Å²) in [5.74, 6) is 1.70. The molecule has 0 spiro atoms. The maximum atomic E-state index is 7.14. The molecule has 5 aromatic carbocycles. The average Bonchev–Trinajstić information content (AvgIpc) is 3.31. The van der Waals surface area contributed by atoms with Crippen molar-refractivity contribution in [3.05, 3.63) is 143 Å². The molecular weight excluding hydrogens is 404 g/mol. The van der Waals surface area contributed by atoms with Crippen molar-refractivity contribution in [2.75, 3.05) is 0 Å². The lowest BCUT2D eigenvalue weighted by molar-refractivity contribution is -0.0394. The first-order valence-electron chi connectivity index (χ1n) is 11.4. The molecule has 2 heterocycles. The second-order valence-electron chi connectivity index (χ2n) is 8.99. The SMILES string of the molecule is CC12OC(c3ccccc3)(c3ccccc31)c1cc3ccccc3c(Oc3ccccc3)c12. The Kier molecular flexibility index (Phi) is 3.71. The molecule has 0 amide bonds. The fourth-order valence-electron chi connectivity index (χ4n) is 5.83. The maximum absolute atomic E-state index is 7.14. The largest absolute Gasteiger partial charge is 0.456 e. The Balaban J connectivity index is 1.62. The molecule has 0 aromatic heterocycles. The van der Waals surface area contributed by atoms with Gasteiger partial charge >= 0.3 is 0 Å². The summed E-state index contributed by atoms with van der Waals surface area (Å²) in [6, 6.07) is 40.0. The predicted molar refractivity (Wildman–Crippen MR) is 131 cm³/mol. The Labute approximate surface area is 193 Å². The van der Waals surface area contributed by atoms with E-state index in [1.807, 2.05) is 30.3 Å². The fourth-order valence-corrected chi connectivity index (χ4v) is 5.83. The number of ether oxygens (including phenoxy) is 2. The fraction of sp³-hybridized carbons (Fsp3) is 0.0968. The minimum atomic E-state index is -0.666. The average molecular weight is 427 g/mol. The highest BCUT2D eigenvalue weighted by Gasteiger charge is 2.62. The molecule has 2 aliphatic heterocycles. The van der Waals surface area contributed by atoms with Crippen LogP contribution >= 0.6 is 0 Å². The lowest BCUT2D eigenvalue weighted by Crippen LogP contribution is -2.27. The molecule has 2 heteroatoms. The second kappa shape index (κ2) is 6.57. The van der Waals surface area contributed by atoms with E-state index >= 15 is 0 Å². The van der Waals surface area contributed by atoms with Crippen LogP contribution in [0.1, 0.15) is 34.7 Å². The zero-order chi connectivity index (χ0) is 22.0. The zero-order valence-electron chi connectivity index (χ0n) is 18.3. The van der Waals surface area contributed by atoms with Crippen LogP contribution < -0.4 is 4.74 Å². The summed E-state index contributed by atoms with van der Waals surface area (Å²) in [4.78, 5) is 0. The number of benzene rings is 5. The number of hydrogen-bond acceptors (Lipinski definition) is 2. The van der Waals surface area contributed by atoms with Gasteiger partial charge in [-0.2, -0.15) is 0 Å². The molecule has 2 aliphatic rings. The number of rotatable bonds is 3. The van der Waals surface area contributed by atoms with Crippen LogP contribution in [-0.2, 0) is 15.9 Å². The van der Waals surface area contributed by atoms with Crippen LogP contribution in [0.4, 0.5) is 0 Å². The quantitative estimate of drug-likeness (QED) is 0.297. The standard InChI is InChI=1S/C31H22O2/c1-30-25-18-10-11-19-26(25)31(33-30,22-13-4-2-5-14-22)27-20-21-12-8-9-17-24(21)29(28(27)30)32-23-15-6-3-7-16-23/h2-20H,1H3. The lowest BCUT2D eigenvalue weighted by atomic mass is 9.69. The van der Waals surface area contributed by atoms with Gasteiger partial charge in [-0.25, -0.2) is 0 Å². The van der Waals surface area contributed by atoms with E-state index in [2.05, 4.69) is 91.9 Å². The van der Waals surface area contributed by atoms with Crippen LogP contribution in [0.2, 0.25) is 0 Å². The minimum Gasteiger partial charge on any atom is -0.456 e. The topological polar surface area (TPSA) is 18.5 Å². The molecular formula is C31H22O2. The molecule has 0 radical (unpaired) electrons. The van der Waals surface area contributed by atoms with Gasteiger partial charge < -0.3 is 9.47 Å². The van der Waals surface area contributed by atoms with E-state index in [1.54, 1.807) is 0 Å². The van der Waals surface area contributed by atoms with Gasteiger partial charge in [0.2, 0.25) is 0 Å². The molecule has 0 saturated heterocycles. The molecule has 0 aliphatic carbocycles. The second-order valence-corrected chi connectivity index (χ2v) is 8.99. The predicted octanol–water partition coefficient (Wildman–Crippen LogP) is 7.53. The van der Waals surface area contributed by atoms with Gasteiger partial charge in [-0.05, 0) is 47.2 Å². The van der Waals surface area contributed by atoms with Crippen molar-refractivity contribution in [2.45, 2.75) is 18.1 Å². The smallest absolute Gasteiger partial charge is 0.146 e. The first kappa shape index (κ1) is 18.7. The summed E-state index contributed by atoms with van der Waals surface area (Å²) in [5, 5.41) is 2.24. The first-order valence-corrected chi connectivity index (χ1v) is 11.4. The van der Waals surface area contributed by atoms with Crippen molar-refractivity contribution in [1.82, 2.24) is 0 Å². The Morgan fingerprint density at radius 1 is 0.636 bits per heavy atom. The summed E-state index contributed by atoms with van der Waals surface area (Å²) in [6.45, 7) is 2.19. The molecule has 2 unspecified atom stereocenters. The van der Waals surface area contributed by atoms with E-state index in [4.69, 9.17) is 9.47 Å². The highest BCUT2D eigenvalue weighted by Crippen LogP contribution is 2.66. The summed E-state index contributed by atoms with van der Waals surface area (Å²) >= 11 is 0. The molecule has 7 rings (SSSR count). The molecule has 33 heavy (non-hydrogen) atoms. The van der Waals surface area contributed by atoms with Gasteiger partial charge in [-0.3, -0.25) is 0 Å². The van der Waals surface area contributed by atoms with Crippen molar-refractivity contribution in [2.24, 2.45) is 0 Å². The lowest BCUT2D eigenvalue weighted by Gasteiger charge is -2.31.